The van der Waals surface area contributed by atoms with Crippen LogP contribution in [0.5, 0.6) is 0 Å². The minimum atomic E-state index is -0.369. The van der Waals surface area contributed by atoms with Gasteiger partial charge in [0.2, 0.25) is 5.91 Å². The topological polar surface area (TPSA) is 118 Å². The Bertz CT molecular complexity index is 1150. The predicted octanol–water partition coefficient (Wildman–Crippen LogP) is 2.08. The molecule has 0 radical (unpaired) electrons. The van der Waals surface area contributed by atoms with Crippen molar-refractivity contribution in [2.24, 2.45) is 5.92 Å². The second kappa shape index (κ2) is 8.16. The zero-order valence-corrected chi connectivity index (χ0v) is 16.3. The van der Waals surface area contributed by atoms with Gasteiger partial charge in [0.15, 0.2) is 0 Å². The molecule has 30 heavy (non-hydrogen) atoms. The Hall–Kier alpha value is -4.01. The summed E-state index contributed by atoms with van der Waals surface area (Å²) < 4.78 is 1.40. The largest absolute Gasteiger partial charge is 0.355 e. The first-order valence-corrected chi connectivity index (χ1v) is 9.50. The second-order valence-corrected chi connectivity index (χ2v) is 6.87. The fraction of sp³-hybridized carbons (Fsp3) is 0.190. The minimum Gasteiger partial charge on any atom is -0.355 e. The fourth-order valence-corrected chi connectivity index (χ4v) is 2.93. The Balaban J connectivity index is 1.69. The highest BCUT2D eigenvalue weighted by molar-refractivity contribution is 6.01. The molecule has 1 saturated carbocycles. The molecular weight excluding hydrogens is 384 g/mol. The summed E-state index contributed by atoms with van der Waals surface area (Å²) in [5.74, 6) is 0.332. The van der Waals surface area contributed by atoms with Crippen molar-refractivity contribution in [1.29, 1.82) is 0 Å². The lowest BCUT2D eigenvalue weighted by atomic mass is 10.2. The molecule has 0 atom stereocenters. The Morgan fingerprint density at radius 3 is 2.63 bits per heavy atom. The van der Waals surface area contributed by atoms with E-state index in [1.54, 1.807) is 48.8 Å². The molecule has 3 aromatic heterocycles. The molecule has 9 heteroatoms. The number of hydrogen-bond donors (Lipinski definition) is 3. The standard InChI is InChI=1S/C21H20N6O3/c1-22-20(29)14-12-24-17(26-19(28)13-7-8-13)11-16(14)25-15-5-4-10-27(21(15)30)18-6-2-3-9-23-18/h2-6,9-13H,7-8H2,1H3,(H,22,29)(H2,24,25,26,28). The normalized spacial score (nSPS) is 12.8. The van der Waals surface area contributed by atoms with Crippen molar-refractivity contribution >= 4 is 29.0 Å². The van der Waals surface area contributed by atoms with E-state index in [1.807, 2.05) is 0 Å². The number of aromatic nitrogens is 3. The highest BCUT2D eigenvalue weighted by Crippen LogP contribution is 2.30. The van der Waals surface area contributed by atoms with Crippen LogP contribution in [0, 0.1) is 5.92 Å². The lowest BCUT2D eigenvalue weighted by Crippen LogP contribution is -2.23. The zero-order chi connectivity index (χ0) is 21.1. The minimum absolute atomic E-state index is 0.0153. The number of anilines is 3. The molecule has 4 rings (SSSR count). The number of carbonyl (C=O) groups excluding carboxylic acids is 2. The monoisotopic (exact) mass is 404 g/mol. The molecule has 152 valence electrons. The van der Waals surface area contributed by atoms with E-state index in [1.165, 1.54) is 17.8 Å². The summed E-state index contributed by atoms with van der Waals surface area (Å²) in [5.41, 5.74) is 0.513. The van der Waals surface area contributed by atoms with Gasteiger partial charge in [0.1, 0.15) is 17.3 Å². The molecule has 0 bridgehead atoms. The number of carbonyl (C=O) groups is 2. The van der Waals surface area contributed by atoms with Gasteiger partial charge in [0.05, 0.1) is 11.3 Å². The third kappa shape index (κ3) is 4.04. The predicted molar refractivity (Wildman–Crippen MR) is 112 cm³/mol. The van der Waals surface area contributed by atoms with Gasteiger partial charge >= 0.3 is 0 Å². The van der Waals surface area contributed by atoms with Gasteiger partial charge in [-0.1, -0.05) is 6.07 Å². The quantitative estimate of drug-likeness (QED) is 0.579. The van der Waals surface area contributed by atoms with Gasteiger partial charge in [-0.2, -0.15) is 0 Å². The fourth-order valence-electron chi connectivity index (χ4n) is 2.93. The van der Waals surface area contributed by atoms with Crippen molar-refractivity contribution in [1.82, 2.24) is 19.9 Å². The molecule has 2 amide bonds. The molecule has 3 N–H and O–H groups in total. The average molecular weight is 404 g/mol. The van der Waals surface area contributed by atoms with Crippen molar-refractivity contribution in [2.45, 2.75) is 12.8 Å². The van der Waals surface area contributed by atoms with Gasteiger partial charge in [-0.15, -0.1) is 0 Å². The molecular formula is C21H20N6O3. The van der Waals surface area contributed by atoms with Gasteiger partial charge in [-0.25, -0.2) is 9.97 Å². The zero-order valence-electron chi connectivity index (χ0n) is 16.3. The Morgan fingerprint density at radius 1 is 1.10 bits per heavy atom. The van der Waals surface area contributed by atoms with E-state index in [0.29, 0.717) is 17.3 Å². The third-order valence-electron chi connectivity index (χ3n) is 4.69. The van der Waals surface area contributed by atoms with Crippen molar-refractivity contribution in [3.05, 3.63) is 70.9 Å². The number of pyridine rings is 3. The van der Waals surface area contributed by atoms with E-state index >= 15 is 0 Å². The number of amides is 2. The Kier molecular flexibility index (Phi) is 5.25. The van der Waals surface area contributed by atoms with Crippen molar-refractivity contribution in [2.75, 3.05) is 17.7 Å². The van der Waals surface area contributed by atoms with Crippen LogP contribution in [0.2, 0.25) is 0 Å². The van der Waals surface area contributed by atoms with Gasteiger partial charge in [0.25, 0.3) is 11.5 Å². The highest BCUT2D eigenvalue weighted by atomic mass is 16.2. The number of hydrogen-bond acceptors (Lipinski definition) is 6. The molecule has 3 heterocycles. The smallest absolute Gasteiger partial charge is 0.279 e. The van der Waals surface area contributed by atoms with Gasteiger partial charge in [-0.05, 0) is 37.1 Å². The summed E-state index contributed by atoms with van der Waals surface area (Å²) in [7, 11) is 1.51. The molecule has 9 nitrogen and oxygen atoms in total. The van der Waals surface area contributed by atoms with E-state index in [2.05, 4.69) is 25.9 Å². The number of nitrogens with zero attached hydrogens (tertiary/aromatic N) is 3. The maximum absolute atomic E-state index is 13.0. The Labute approximate surface area is 172 Å². The first-order valence-electron chi connectivity index (χ1n) is 9.50. The molecule has 1 aliphatic carbocycles. The Morgan fingerprint density at radius 2 is 1.93 bits per heavy atom. The van der Waals surface area contributed by atoms with Crippen LogP contribution in [0.1, 0.15) is 23.2 Å². The summed E-state index contributed by atoms with van der Waals surface area (Å²) in [5, 5.41) is 8.31. The molecule has 1 aliphatic rings. The molecule has 0 aliphatic heterocycles. The van der Waals surface area contributed by atoms with Crippen LogP contribution in [0.25, 0.3) is 5.82 Å². The summed E-state index contributed by atoms with van der Waals surface area (Å²) in [4.78, 5) is 45.7. The van der Waals surface area contributed by atoms with Crippen LogP contribution < -0.4 is 21.5 Å². The van der Waals surface area contributed by atoms with Crippen molar-refractivity contribution < 1.29 is 9.59 Å². The van der Waals surface area contributed by atoms with Gasteiger partial charge < -0.3 is 16.0 Å². The lowest BCUT2D eigenvalue weighted by Gasteiger charge is -2.14. The average Bonchev–Trinajstić information content (AvgIpc) is 3.61. The van der Waals surface area contributed by atoms with Crippen LogP contribution in [0.3, 0.4) is 0 Å². The summed E-state index contributed by atoms with van der Waals surface area (Å²) >= 11 is 0. The highest BCUT2D eigenvalue weighted by Gasteiger charge is 2.30. The van der Waals surface area contributed by atoms with E-state index in [4.69, 9.17) is 0 Å². The van der Waals surface area contributed by atoms with Crippen LogP contribution in [0.15, 0.2) is 59.8 Å². The summed E-state index contributed by atoms with van der Waals surface area (Å²) in [6.45, 7) is 0. The first-order chi connectivity index (χ1) is 14.6. The molecule has 0 spiro atoms. The van der Waals surface area contributed by atoms with E-state index in [0.717, 1.165) is 12.8 Å². The SMILES string of the molecule is CNC(=O)c1cnc(NC(=O)C2CC2)cc1Nc1cccn(-c2ccccn2)c1=O. The summed E-state index contributed by atoms with van der Waals surface area (Å²) in [6, 6.07) is 10.1. The maximum atomic E-state index is 13.0. The maximum Gasteiger partial charge on any atom is 0.279 e. The van der Waals surface area contributed by atoms with Crippen LogP contribution >= 0.6 is 0 Å². The first kappa shape index (κ1) is 19.3. The van der Waals surface area contributed by atoms with Crippen LogP contribution in [0.4, 0.5) is 17.2 Å². The second-order valence-electron chi connectivity index (χ2n) is 6.87. The number of rotatable bonds is 6. The van der Waals surface area contributed by atoms with Crippen LogP contribution in [-0.4, -0.2) is 33.4 Å². The molecule has 0 unspecified atom stereocenters. The number of nitrogens with one attached hydrogen (secondary N) is 3. The lowest BCUT2D eigenvalue weighted by molar-refractivity contribution is -0.117. The van der Waals surface area contributed by atoms with E-state index in [-0.39, 0.29) is 34.5 Å². The van der Waals surface area contributed by atoms with Crippen molar-refractivity contribution in [3.63, 3.8) is 0 Å². The summed E-state index contributed by atoms with van der Waals surface area (Å²) in [6.07, 6.45) is 6.31. The third-order valence-corrected chi connectivity index (χ3v) is 4.69. The molecule has 0 saturated heterocycles. The van der Waals surface area contributed by atoms with Crippen LogP contribution in [-0.2, 0) is 4.79 Å². The molecule has 1 fully saturated rings. The molecule has 0 aromatic carbocycles. The van der Waals surface area contributed by atoms with E-state index in [9.17, 15) is 14.4 Å². The van der Waals surface area contributed by atoms with E-state index < -0.39 is 0 Å². The molecule has 3 aromatic rings. The van der Waals surface area contributed by atoms with Crippen molar-refractivity contribution in [3.8, 4) is 5.82 Å². The van der Waals surface area contributed by atoms with Gasteiger partial charge in [-0.3, -0.25) is 19.0 Å². The van der Waals surface area contributed by atoms with Gasteiger partial charge in [0, 0.05) is 37.6 Å².